The van der Waals surface area contributed by atoms with E-state index in [1.165, 1.54) is 12.1 Å². The molecule has 0 radical (unpaired) electrons. The smallest absolute Gasteiger partial charge is 0.234 e. The van der Waals surface area contributed by atoms with Crippen molar-refractivity contribution in [1.82, 2.24) is 15.1 Å². The van der Waals surface area contributed by atoms with Crippen LogP contribution in [0.15, 0.2) is 18.2 Å². The summed E-state index contributed by atoms with van der Waals surface area (Å²) >= 11 is 0. The molecule has 2 amide bonds. The quantitative estimate of drug-likeness (QED) is 0.854. The van der Waals surface area contributed by atoms with Crippen LogP contribution in [0.1, 0.15) is 38.7 Å². The van der Waals surface area contributed by atoms with Gasteiger partial charge in [0.25, 0.3) is 0 Å². The molecule has 1 spiro atoms. The SMILES string of the molecule is CC(C)NC(=O)CN1CCC2(CCCN(Cc3cccc(F)c3F)C2=O)C1. The monoisotopic (exact) mass is 379 g/mol. The van der Waals surface area contributed by atoms with Gasteiger partial charge in [0, 0.05) is 31.2 Å². The average molecular weight is 379 g/mol. The van der Waals surface area contributed by atoms with E-state index in [1.807, 2.05) is 18.7 Å². The van der Waals surface area contributed by atoms with Crippen LogP contribution in [0.3, 0.4) is 0 Å². The van der Waals surface area contributed by atoms with Gasteiger partial charge < -0.3 is 10.2 Å². The summed E-state index contributed by atoms with van der Waals surface area (Å²) in [6, 6.07) is 4.14. The van der Waals surface area contributed by atoms with Crippen LogP contribution in [0.5, 0.6) is 0 Å². The Morgan fingerprint density at radius 1 is 1.26 bits per heavy atom. The van der Waals surface area contributed by atoms with Crippen LogP contribution in [0.4, 0.5) is 8.78 Å². The molecule has 1 aromatic rings. The minimum absolute atomic E-state index is 0.0100. The lowest BCUT2D eigenvalue weighted by Gasteiger charge is -2.39. The van der Waals surface area contributed by atoms with E-state index in [4.69, 9.17) is 0 Å². The van der Waals surface area contributed by atoms with Crippen molar-refractivity contribution < 1.29 is 18.4 Å². The van der Waals surface area contributed by atoms with Gasteiger partial charge in [0.15, 0.2) is 11.6 Å². The fourth-order valence-corrected chi connectivity index (χ4v) is 4.22. The Morgan fingerprint density at radius 3 is 2.78 bits per heavy atom. The predicted molar refractivity (Wildman–Crippen MR) is 97.8 cm³/mol. The molecule has 2 saturated heterocycles. The first-order valence-electron chi connectivity index (χ1n) is 9.55. The van der Waals surface area contributed by atoms with Crippen LogP contribution in [-0.2, 0) is 16.1 Å². The second-order valence-electron chi connectivity index (χ2n) is 8.01. The molecule has 2 aliphatic rings. The maximum atomic E-state index is 14.0. The topological polar surface area (TPSA) is 52.7 Å². The van der Waals surface area contributed by atoms with Crippen molar-refractivity contribution in [2.45, 2.75) is 45.7 Å². The van der Waals surface area contributed by atoms with Gasteiger partial charge in [-0.15, -0.1) is 0 Å². The molecule has 27 heavy (non-hydrogen) atoms. The van der Waals surface area contributed by atoms with E-state index in [0.29, 0.717) is 26.1 Å². The zero-order chi connectivity index (χ0) is 19.6. The molecule has 5 nitrogen and oxygen atoms in total. The molecule has 1 N–H and O–H groups in total. The van der Waals surface area contributed by atoms with Crippen molar-refractivity contribution in [3.63, 3.8) is 0 Å². The summed E-state index contributed by atoms with van der Waals surface area (Å²) in [5.74, 6) is -1.83. The first kappa shape index (κ1) is 19.7. The van der Waals surface area contributed by atoms with Crippen molar-refractivity contribution in [1.29, 1.82) is 0 Å². The number of halogens is 2. The number of hydrogen-bond donors (Lipinski definition) is 1. The van der Waals surface area contributed by atoms with Crippen LogP contribution in [0.2, 0.25) is 0 Å². The molecule has 1 unspecified atom stereocenters. The molecule has 2 heterocycles. The highest BCUT2D eigenvalue weighted by atomic mass is 19.2. The Labute approximate surface area is 158 Å². The molecule has 0 aliphatic carbocycles. The van der Waals surface area contributed by atoms with E-state index < -0.39 is 17.0 Å². The van der Waals surface area contributed by atoms with Gasteiger partial charge in [-0.3, -0.25) is 14.5 Å². The molecule has 0 saturated carbocycles. The summed E-state index contributed by atoms with van der Waals surface area (Å²) in [5, 5.41) is 2.87. The molecule has 0 bridgehead atoms. The van der Waals surface area contributed by atoms with Gasteiger partial charge in [0.05, 0.1) is 12.0 Å². The zero-order valence-electron chi connectivity index (χ0n) is 15.9. The number of likely N-dealkylation sites (tertiary alicyclic amines) is 2. The number of carbonyl (C=O) groups is 2. The molecule has 148 valence electrons. The lowest BCUT2D eigenvalue weighted by atomic mass is 9.78. The largest absolute Gasteiger partial charge is 0.353 e. The van der Waals surface area contributed by atoms with Crippen LogP contribution >= 0.6 is 0 Å². The summed E-state index contributed by atoms with van der Waals surface area (Å²) < 4.78 is 27.5. The van der Waals surface area contributed by atoms with Gasteiger partial charge in [-0.2, -0.15) is 0 Å². The van der Waals surface area contributed by atoms with Gasteiger partial charge in [-0.25, -0.2) is 8.78 Å². The van der Waals surface area contributed by atoms with Crippen molar-refractivity contribution >= 4 is 11.8 Å². The standard InChI is InChI=1S/C20H27F2N3O2/c1-14(2)23-17(26)12-24-10-8-20(13-24)7-4-9-25(19(20)27)11-15-5-3-6-16(21)18(15)22/h3,5-6,14H,4,7-13H2,1-2H3,(H,23,26). The van der Waals surface area contributed by atoms with E-state index in [-0.39, 0.29) is 36.5 Å². The third kappa shape index (κ3) is 4.29. The van der Waals surface area contributed by atoms with Gasteiger partial charge in [0.2, 0.25) is 11.8 Å². The average Bonchev–Trinajstić information content (AvgIpc) is 2.99. The number of nitrogens with zero attached hydrogens (tertiary/aromatic N) is 2. The second-order valence-corrected chi connectivity index (χ2v) is 8.01. The highest BCUT2D eigenvalue weighted by molar-refractivity contribution is 5.84. The van der Waals surface area contributed by atoms with E-state index >= 15 is 0 Å². The van der Waals surface area contributed by atoms with Crippen molar-refractivity contribution in [2.24, 2.45) is 5.41 Å². The lowest BCUT2D eigenvalue weighted by molar-refractivity contribution is -0.146. The molecule has 0 aromatic heterocycles. The zero-order valence-corrected chi connectivity index (χ0v) is 15.9. The van der Waals surface area contributed by atoms with Gasteiger partial charge in [-0.1, -0.05) is 12.1 Å². The van der Waals surface area contributed by atoms with Crippen LogP contribution in [-0.4, -0.2) is 53.8 Å². The maximum Gasteiger partial charge on any atom is 0.234 e. The number of rotatable bonds is 5. The van der Waals surface area contributed by atoms with Crippen molar-refractivity contribution in [2.75, 3.05) is 26.2 Å². The summed E-state index contributed by atoms with van der Waals surface area (Å²) in [4.78, 5) is 28.8. The fourth-order valence-electron chi connectivity index (χ4n) is 4.22. The Kier molecular flexibility index (Phi) is 5.79. The Bertz CT molecular complexity index is 725. The van der Waals surface area contributed by atoms with Crippen molar-refractivity contribution in [3.05, 3.63) is 35.4 Å². The number of piperidine rings is 1. The second kappa shape index (κ2) is 7.92. The molecule has 2 fully saturated rings. The number of benzene rings is 1. The molecular formula is C20H27F2N3O2. The summed E-state index contributed by atoms with van der Waals surface area (Å²) in [7, 11) is 0. The highest BCUT2D eigenvalue weighted by Gasteiger charge is 2.48. The molecule has 2 aliphatic heterocycles. The number of carbonyl (C=O) groups excluding carboxylic acids is 2. The molecule has 7 heteroatoms. The molecule has 3 rings (SSSR count). The van der Waals surface area contributed by atoms with Gasteiger partial charge in [-0.05, 0) is 45.7 Å². The number of nitrogens with one attached hydrogen (secondary N) is 1. The van der Waals surface area contributed by atoms with Gasteiger partial charge >= 0.3 is 0 Å². The molecule has 1 aromatic carbocycles. The summed E-state index contributed by atoms with van der Waals surface area (Å²) in [5.41, 5.74) is -0.313. The Hall–Kier alpha value is -2.02. The molecular weight excluding hydrogens is 352 g/mol. The van der Waals surface area contributed by atoms with Crippen LogP contribution in [0.25, 0.3) is 0 Å². The molecule has 1 atom stereocenters. The van der Waals surface area contributed by atoms with E-state index in [0.717, 1.165) is 18.9 Å². The summed E-state index contributed by atoms with van der Waals surface area (Å²) in [6.07, 6.45) is 2.30. The summed E-state index contributed by atoms with van der Waals surface area (Å²) in [6.45, 7) is 5.97. The van der Waals surface area contributed by atoms with Crippen LogP contribution < -0.4 is 5.32 Å². The fraction of sp³-hybridized carbons (Fsp3) is 0.600. The maximum absolute atomic E-state index is 14.0. The Balaban J connectivity index is 1.66. The first-order valence-corrected chi connectivity index (χ1v) is 9.55. The predicted octanol–water partition coefficient (Wildman–Crippen LogP) is 2.30. The lowest BCUT2D eigenvalue weighted by Crippen LogP contribution is -2.50. The number of hydrogen-bond acceptors (Lipinski definition) is 3. The Morgan fingerprint density at radius 2 is 2.04 bits per heavy atom. The minimum atomic E-state index is -0.894. The van der Waals surface area contributed by atoms with Crippen LogP contribution in [0, 0.1) is 17.0 Å². The van der Waals surface area contributed by atoms with E-state index in [2.05, 4.69) is 5.32 Å². The minimum Gasteiger partial charge on any atom is -0.353 e. The highest BCUT2D eigenvalue weighted by Crippen LogP contribution is 2.40. The third-order valence-electron chi connectivity index (χ3n) is 5.47. The van der Waals surface area contributed by atoms with Gasteiger partial charge in [0.1, 0.15) is 0 Å². The normalized spacial score (nSPS) is 23.4. The number of amides is 2. The third-order valence-corrected chi connectivity index (χ3v) is 5.47. The van der Waals surface area contributed by atoms with Crippen molar-refractivity contribution in [3.8, 4) is 0 Å². The first-order chi connectivity index (χ1) is 12.8. The van der Waals surface area contributed by atoms with E-state index in [9.17, 15) is 18.4 Å². The van der Waals surface area contributed by atoms with E-state index in [1.54, 1.807) is 4.90 Å².